The van der Waals surface area contributed by atoms with Gasteiger partial charge in [-0.2, -0.15) is 0 Å². The zero-order valence-corrected chi connectivity index (χ0v) is 12.0. The molecule has 102 valence electrons. The molecule has 1 aromatic heterocycles. The van der Waals surface area contributed by atoms with E-state index in [-0.39, 0.29) is 0 Å². The number of rotatable bonds is 6. The Kier molecular flexibility index (Phi) is 4.76. The molecule has 4 nitrogen and oxygen atoms in total. The second kappa shape index (κ2) is 6.54. The molecular weight excluding hydrogens is 258 g/mol. The molecule has 1 atom stereocenters. The smallest absolute Gasteiger partial charge is 0.197 e. The second-order valence-corrected chi connectivity index (χ2v) is 5.56. The molecule has 0 radical (unpaired) electrons. The van der Waals surface area contributed by atoms with E-state index in [1.54, 1.807) is 6.20 Å². The first-order valence-corrected chi connectivity index (χ1v) is 7.18. The summed E-state index contributed by atoms with van der Waals surface area (Å²) in [4.78, 5) is 5.14. The van der Waals surface area contributed by atoms with Gasteiger partial charge in [-0.3, -0.25) is 5.43 Å². The Morgan fingerprint density at radius 2 is 2.11 bits per heavy atom. The number of ether oxygens (including phenoxy) is 1. The monoisotopic (exact) mass is 277 g/mol. The number of aromatic nitrogens is 1. The summed E-state index contributed by atoms with van der Waals surface area (Å²) in [6.45, 7) is 4.94. The molecule has 2 rings (SSSR count). The van der Waals surface area contributed by atoms with Crippen LogP contribution >= 0.6 is 11.3 Å². The summed E-state index contributed by atoms with van der Waals surface area (Å²) in [5.41, 5.74) is 3.87. The zero-order valence-electron chi connectivity index (χ0n) is 11.2. The van der Waals surface area contributed by atoms with Crippen LogP contribution in [0.5, 0.6) is 5.75 Å². The highest BCUT2D eigenvalue weighted by molar-refractivity contribution is 7.15. The lowest BCUT2D eigenvalue weighted by molar-refractivity contribution is 0.309. The van der Waals surface area contributed by atoms with Gasteiger partial charge in [-0.1, -0.05) is 37.3 Å². The van der Waals surface area contributed by atoms with Gasteiger partial charge in [0.1, 0.15) is 12.4 Å². The number of nitrogens with one attached hydrogen (secondary N) is 1. The van der Waals surface area contributed by atoms with Crippen LogP contribution in [0.25, 0.3) is 0 Å². The van der Waals surface area contributed by atoms with Crippen LogP contribution in [0, 0.1) is 0 Å². The normalized spacial score (nSPS) is 12.2. The molecule has 1 heterocycles. The minimum Gasteiger partial charge on any atom is -0.488 e. The van der Waals surface area contributed by atoms with Gasteiger partial charge in [-0.25, -0.2) is 10.8 Å². The van der Waals surface area contributed by atoms with Crippen LogP contribution in [0.2, 0.25) is 0 Å². The topological polar surface area (TPSA) is 60.2 Å². The predicted octanol–water partition coefficient (Wildman–Crippen LogP) is 3.52. The fourth-order valence-corrected chi connectivity index (χ4v) is 2.36. The van der Waals surface area contributed by atoms with Crippen molar-refractivity contribution in [3.05, 3.63) is 40.9 Å². The van der Waals surface area contributed by atoms with Crippen LogP contribution in [-0.4, -0.2) is 4.98 Å². The van der Waals surface area contributed by atoms with Crippen molar-refractivity contribution in [2.45, 2.75) is 32.8 Å². The van der Waals surface area contributed by atoms with E-state index in [0.29, 0.717) is 17.7 Å². The average Bonchev–Trinajstić information content (AvgIpc) is 2.93. The number of hydrogen-bond acceptors (Lipinski definition) is 5. The molecule has 0 aliphatic carbocycles. The van der Waals surface area contributed by atoms with Gasteiger partial charge >= 0.3 is 0 Å². The first-order chi connectivity index (χ1) is 9.22. The predicted molar refractivity (Wildman–Crippen MR) is 79.4 cm³/mol. The first-order valence-electron chi connectivity index (χ1n) is 6.37. The van der Waals surface area contributed by atoms with Gasteiger partial charge in [0.05, 0.1) is 4.88 Å². The Balaban J connectivity index is 1.92. The van der Waals surface area contributed by atoms with Crippen LogP contribution in [0.1, 0.15) is 36.6 Å². The summed E-state index contributed by atoms with van der Waals surface area (Å²) < 4.78 is 5.72. The lowest BCUT2D eigenvalue weighted by Gasteiger charge is -2.10. The molecule has 3 N–H and O–H groups in total. The average molecular weight is 277 g/mol. The molecule has 19 heavy (non-hydrogen) atoms. The summed E-state index contributed by atoms with van der Waals surface area (Å²) in [6.07, 6.45) is 2.92. The van der Waals surface area contributed by atoms with Crippen LogP contribution in [0.4, 0.5) is 5.13 Å². The Morgan fingerprint density at radius 1 is 1.37 bits per heavy atom. The van der Waals surface area contributed by atoms with Crippen molar-refractivity contribution < 1.29 is 4.74 Å². The molecule has 0 spiro atoms. The number of nitrogens with zero attached hydrogens (tertiary/aromatic N) is 1. The van der Waals surface area contributed by atoms with E-state index in [0.717, 1.165) is 17.0 Å². The van der Waals surface area contributed by atoms with Gasteiger partial charge in [-0.15, -0.1) is 0 Å². The Morgan fingerprint density at radius 3 is 2.68 bits per heavy atom. The molecule has 0 aliphatic rings. The molecule has 0 amide bonds. The second-order valence-electron chi connectivity index (χ2n) is 4.44. The molecule has 1 unspecified atom stereocenters. The number of nitrogen functional groups attached to an aromatic ring is 1. The van der Waals surface area contributed by atoms with Crippen molar-refractivity contribution >= 4 is 16.5 Å². The standard InChI is InChI=1S/C14H19N3OS/c1-3-10(2)11-4-6-12(7-5-11)18-9-13-8-16-14(17-15)19-13/h4-8,10H,3,9,15H2,1-2H3,(H,16,17). The van der Waals surface area contributed by atoms with E-state index in [4.69, 9.17) is 10.6 Å². The minimum absolute atomic E-state index is 0.516. The van der Waals surface area contributed by atoms with E-state index in [2.05, 4.69) is 36.4 Å². The Bertz CT molecular complexity index is 510. The van der Waals surface area contributed by atoms with Crippen molar-refractivity contribution in [1.82, 2.24) is 4.98 Å². The zero-order chi connectivity index (χ0) is 13.7. The molecule has 1 aromatic carbocycles. The molecule has 0 bridgehead atoms. The third kappa shape index (κ3) is 3.68. The number of nitrogens with two attached hydrogens (primary N) is 1. The van der Waals surface area contributed by atoms with E-state index in [9.17, 15) is 0 Å². The summed E-state index contributed by atoms with van der Waals surface area (Å²) in [5, 5.41) is 0.700. The third-order valence-corrected chi connectivity index (χ3v) is 4.02. The Hall–Kier alpha value is -1.59. The van der Waals surface area contributed by atoms with E-state index < -0.39 is 0 Å². The van der Waals surface area contributed by atoms with Crippen molar-refractivity contribution in [2.75, 3.05) is 5.43 Å². The molecule has 0 saturated carbocycles. The van der Waals surface area contributed by atoms with Crippen LogP contribution in [-0.2, 0) is 6.61 Å². The van der Waals surface area contributed by atoms with Gasteiger partial charge in [-0.05, 0) is 30.0 Å². The molecule has 2 aromatic rings. The maximum absolute atomic E-state index is 5.72. The number of benzene rings is 1. The Labute approximate surface area is 117 Å². The number of hydrogen-bond donors (Lipinski definition) is 2. The first kappa shape index (κ1) is 13.8. The van der Waals surface area contributed by atoms with Crippen LogP contribution in [0.15, 0.2) is 30.5 Å². The highest BCUT2D eigenvalue weighted by atomic mass is 32.1. The summed E-state index contributed by atoms with van der Waals surface area (Å²) in [7, 11) is 0. The minimum atomic E-state index is 0.516. The number of anilines is 1. The van der Waals surface area contributed by atoms with Crippen molar-refractivity contribution in [3.63, 3.8) is 0 Å². The van der Waals surface area contributed by atoms with Gasteiger partial charge < -0.3 is 4.74 Å². The summed E-state index contributed by atoms with van der Waals surface area (Å²) in [6, 6.07) is 8.29. The summed E-state index contributed by atoms with van der Waals surface area (Å²) in [5.74, 6) is 6.75. The maximum Gasteiger partial charge on any atom is 0.197 e. The van der Waals surface area contributed by atoms with Gasteiger partial charge in [0.15, 0.2) is 5.13 Å². The fraction of sp³-hybridized carbons (Fsp3) is 0.357. The highest BCUT2D eigenvalue weighted by Crippen LogP contribution is 2.23. The fourth-order valence-electron chi connectivity index (χ4n) is 1.72. The highest BCUT2D eigenvalue weighted by Gasteiger charge is 2.04. The lowest BCUT2D eigenvalue weighted by Crippen LogP contribution is -2.05. The van der Waals surface area contributed by atoms with E-state index in [1.807, 2.05) is 12.1 Å². The van der Waals surface area contributed by atoms with Crippen molar-refractivity contribution in [2.24, 2.45) is 5.84 Å². The number of thiazole rings is 1. The third-order valence-electron chi connectivity index (χ3n) is 3.12. The maximum atomic E-state index is 5.72. The quantitative estimate of drug-likeness (QED) is 0.626. The van der Waals surface area contributed by atoms with Crippen LogP contribution < -0.4 is 16.0 Å². The van der Waals surface area contributed by atoms with E-state index >= 15 is 0 Å². The van der Waals surface area contributed by atoms with Crippen molar-refractivity contribution in [1.29, 1.82) is 0 Å². The molecule has 0 aliphatic heterocycles. The van der Waals surface area contributed by atoms with Gasteiger partial charge in [0.2, 0.25) is 0 Å². The van der Waals surface area contributed by atoms with E-state index in [1.165, 1.54) is 16.9 Å². The van der Waals surface area contributed by atoms with Crippen molar-refractivity contribution in [3.8, 4) is 5.75 Å². The molecule has 0 fully saturated rings. The SMILES string of the molecule is CCC(C)c1ccc(OCc2cnc(NN)s2)cc1. The van der Waals surface area contributed by atoms with Gasteiger partial charge in [0.25, 0.3) is 0 Å². The molecular formula is C14H19N3OS. The largest absolute Gasteiger partial charge is 0.488 e. The molecule has 0 saturated heterocycles. The molecule has 5 heteroatoms. The number of hydrazine groups is 1. The summed E-state index contributed by atoms with van der Waals surface area (Å²) >= 11 is 1.49. The van der Waals surface area contributed by atoms with Crippen LogP contribution in [0.3, 0.4) is 0 Å². The van der Waals surface area contributed by atoms with Gasteiger partial charge in [0, 0.05) is 6.20 Å². The lowest BCUT2D eigenvalue weighted by atomic mass is 9.99.